The summed E-state index contributed by atoms with van der Waals surface area (Å²) in [7, 11) is 0. The number of β-amino-alcohol motifs (C(OH)–C–C–N with tert-alkyl or cyclic N) is 1. The highest BCUT2D eigenvalue weighted by Gasteiger charge is 2.34. The molecule has 3 rings (SSSR count). The normalized spacial score (nSPS) is 15.6. The first-order valence-corrected chi connectivity index (χ1v) is 8.67. The number of carbonyl (C=O) groups excluding carboxylic acids is 1. The Kier molecular flexibility index (Phi) is 5.16. The number of nitrogens with zero attached hydrogens (tertiary/aromatic N) is 3. The maximum absolute atomic E-state index is 12.9. The molecule has 1 amide bonds. The van der Waals surface area contributed by atoms with Crippen LogP contribution in [-0.4, -0.2) is 33.2 Å². The molecule has 0 atom stereocenters. The molecule has 0 saturated heterocycles. The Bertz CT molecular complexity index is 872. The van der Waals surface area contributed by atoms with Crippen LogP contribution in [-0.2, 0) is 11.0 Å². The molecule has 5 nitrogen and oxygen atoms in total. The van der Waals surface area contributed by atoms with Crippen molar-refractivity contribution in [1.29, 1.82) is 0 Å². The Balaban J connectivity index is 2.04. The number of hydrazine groups is 1. The van der Waals surface area contributed by atoms with Gasteiger partial charge in [-0.15, -0.1) is 0 Å². The maximum atomic E-state index is 12.9. The molecule has 1 aromatic carbocycles. The number of amides is 1. The van der Waals surface area contributed by atoms with Crippen LogP contribution in [0.5, 0.6) is 0 Å². The van der Waals surface area contributed by atoms with Crippen molar-refractivity contribution < 1.29 is 23.1 Å². The van der Waals surface area contributed by atoms with Crippen molar-refractivity contribution in [3.63, 3.8) is 0 Å². The first-order valence-electron chi connectivity index (χ1n) is 8.67. The largest absolute Gasteiger partial charge is 0.416 e. The summed E-state index contributed by atoms with van der Waals surface area (Å²) in [6.07, 6.45) is 0.400. The average molecular weight is 391 g/mol. The second-order valence-electron chi connectivity index (χ2n) is 7.16. The lowest BCUT2D eigenvalue weighted by atomic mass is 10.0. The third kappa shape index (κ3) is 4.33. The molecule has 0 unspecified atom stereocenters. The molecular formula is C20H20F3N3O2. The van der Waals surface area contributed by atoms with Gasteiger partial charge in [-0.2, -0.15) is 13.2 Å². The first kappa shape index (κ1) is 19.9. The predicted octanol–water partition coefficient (Wildman–Crippen LogP) is 3.87. The summed E-state index contributed by atoms with van der Waals surface area (Å²) in [4.78, 5) is 16.7. The summed E-state index contributed by atoms with van der Waals surface area (Å²) >= 11 is 0. The number of hydrogen-bond acceptors (Lipinski definition) is 4. The van der Waals surface area contributed by atoms with Gasteiger partial charge in [0.1, 0.15) is 0 Å². The van der Waals surface area contributed by atoms with Crippen LogP contribution in [0.15, 0.2) is 54.9 Å². The molecule has 8 heteroatoms. The van der Waals surface area contributed by atoms with E-state index in [0.717, 1.165) is 12.1 Å². The van der Waals surface area contributed by atoms with Crippen molar-refractivity contribution in [3.05, 3.63) is 66.0 Å². The SMILES string of the molecule is CC(C)(O)CN1C(c2ccc(C(F)(F)F)cc2)=CCC(=O)N1c1cccnc1. The van der Waals surface area contributed by atoms with Crippen LogP contribution in [0.4, 0.5) is 18.9 Å². The van der Waals surface area contributed by atoms with Crippen molar-refractivity contribution in [3.8, 4) is 0 Å². The second-order valence-corrected chi connectivity index (χ2v) is 7.16. The highest BCUT2D eigenvalue weighted by Crippen LogP contribution is 2.34. The highest BCUT2D eigenvalue weighted by molar-refractivity contribution is 5.97. The van der Waals surface area contributed by atoms with E-state index in [-0.39, 0.29) is 18.9 Å². The third-order valence-corrected chi connectivity index (χ3v) is 4.16. The topological polar surface area (TPSA) is 56.7 Å². The van der Waals surface area contributed by atoms with Crippen LogP contribution in [0.1, 0.15) is 31.4 Å². The number of rotatable bonds is 4. The minimum absolute atomic E-state index is 0.0560. The molecule has 2 heterocycles. The molecule has 1 aliphatic heterocycles. The van der Waals surface area contributed by atoms with E-state index in [1.807, 2.05) is 0 Å². The van der Waals surface area contributed by atoms with Gasteiger partial charge in [0.05, 0.1) is 35.3 Å². The Morgan fingerprint density at radius 1 is 1.14 bits per heavy atom. The van der Waals surface area contributed by atoms with Gasteiger partial charge in [0.15, 0.2) is 0 Å². The minimum Gasteiger partial charge on any atom is -0.389 e. The molecule has 0 bridgehead atoms. The second kappa shape index (κ2) is 7.27. The standard InChI is InChI=1S/C20H20F3N3O2/c1-19(2,28)13-25-17(14-5-7-15(8-6-14)20(21,22)23)9-10-18(27)26(25)16-4-3-11-24-12-16/h3-9,11-12,28H,10,13H2,1-2H3. The molecule has 2 aromatic rings. The van der Waals surface area contributed by atoms with Crippen LogP contribution in [0.3, 0.4) is 0 Å². The van der Waals surface area contributed by atoms with E-state index in [0.29, 0.717) is 16.9 Å². The van der Waals surface area contributed by atoms with E-state index in [1.165, 1.54) is 23.3 Å². The van der Waals surface area contributed by atoms with Crippen molar-refractivity contribution in [1.82, 2.24) is 9.99 Å². The van der Waals surface area contributed by atoms with Gasteiger partial charge >= 0.3 is 6.18 Å². The van der Waals surface area contributed by atoms with Crippen molar-refractivity contribution in [2.24, 2.45) is 0 Å². The third-order valence-electron chi connectivity index (χ3n) is 4.16. The minimum atomic E-state index is -4.43. The summed E-state index contributed by atoms with van der Waals surface area (Å²) in [6.45, 7) is 3.25. The Morgan fingerprint density at radius 2 is 1.82 bits per heavy atom. The van der Waals surface area contributed by atoms with Crippen LogP contribution in [0.2, 0.25) is 0 Å². The molecule has 0 aliphatic carbocycles. The summed E-state index contributed by atoms with van der Waals surface area (Å²) in [5.41, 5.74) is -0.350. The molecular weight excluding hydrogens is 371 g/mol. The summed E-state index contributed by atoms with van der Waals surface area (Å²) < 4.78 is 38.6. The van der Waals surface area contributed by atoms with Crippen molar-refractivity contribution in [2.45, 2.75) is 32.0 Å². The smallest absolute Gasteiger partial charge is 0.389 e. The first-order chi connectivity index (χ1) is 13.1. The lowest BCUT2D eigenvalue weighted by Crippen LogP contribution is -2.52. The fourth-order valence-corrected chi connectivity index (χ4v) is 3.00. The fourth-order valence-electron chi connectivity index (χ4n) is 3.00. The quantitative estimate of drug-likeness (QED) is 0.860. The van der Waals surface area contributed by atoms with E-state index < -0.39 is 17.3 Å². The molecule has 28 heavy (non-hydrogen) atoms. The number of carbonyl (C=O) groups is 1. The predicted molar refractivity (Wildman–Crippen MR) is 98.8 cm³/mol. The Labute approximate surface area is 160 Å². The van der Waals surface area contributed by atoms with E-state index in [4.69, 9.17) is 0 Å². The zero-order chi connectivity index (χ0) is 20.5. The summed E-state index contributed by atoms with van der Waals surface area (Å²) in [5, 5.41) is 13.3. The van der Waals surface area contributed by atoms with Gasteiger partial charge in [0.2, 0.25) is 5.91 Å². The van der Waals surface area contributed by atoms with Crippen LogP contribution >= 0.6 is 0 Å². The number of hydrogen-bond donors (Lipinski definition) is 1. The Hall–Kier alpha value is -2.87. The average Bonchev–Trinajstić information content (AvgIpc) is 2.61. The zero-order valence-electron chi connectivity index (χ0n) is 15.4. The molecule has 1 N–H and O–H groups in total. The molecule has 1 aliphatic rings. The van der Waals surface area contributed by atoms with E-state index in [9.17, 15) is 23.1 Å². The van der Waals surface area contributed by atoms with Crippen molar-refractivity contribution >= 4 is 17.3 Å². The molecule has 0 radical (unpaired) electrons. The summed E-state index contributed by atoms with van der Waals surface area (Å²) in [6, 6.07) is 8.12. The molecule has 0 spiro atoms. The number of alkyl halides is 3. The highest BCUT2D eigenvalue weighted by atomic mass is 19.4. The summed E-state index contributed by atoms with van der Waals surface area (Å²) in [5.74, 6) is -0.229. The van der Waals surface area contributed by atoms with Gasteiger partial charge < -0.3 is 5.11 Å². The fraction of sp³-hybridized carbons (Fsp3) is 0.300. The number of aromatic nitrogens is 1. The lowest BCUT2D eigenvalue weighted by Gasteiger charge is -2.43. The van der Waals surface area contributed by atoms with E-state index in [1.54, 1.807) is 43.3 Å². The van der Waals surface area contributed by atoms with Crippen molar-refractivity contribution in [2.75, 3.05) is 11.6 Å². The molecule has 148 valence electrons. The van der Waals surface area contributed by atoms with Crippen LogP contribution in [0.25, 0.3) is 5.70 Å². The van der Waals surface area contributed by atoms with E-state index >= 15 is 0 Å². The number of anilines is 1. The van der Waals surface area contributed by atoms with Gasteiger partial charge in [-0.3, -0.25) is 14.8 Å². The number of halogens is 3. The number of pyridine rings is 1. The molecule has 1 aromatic heterocycles. The van der Waals surface area contributed by atoms with Gasteiger partial charge in [0, 0.05) is 12.6 Å². The maximum Gasteiger partial charge on any atom is 0.416 e. The van der Waals surface area contributed by atoms with Gasteiger partial charge in [-0.1, -0.05) is 12.1 Å². The lowest BCUT2D eigenvalue weighted by molar-refractivity contribution is -0.137. The zero-order valence-corrected chi connectivity index (χ0v) is 15.4. The Morgan fingerprint density at radius 3 is 2.36 bits per heavy atom. The van der Waals surface area contributed by atoms with Crippen LogP contribution in [0, 0.1) is 0 Å². The van der Waals surface area contributed by atoms with Gasteiger partial charge in [-0.05, 0) is 49.8 Å². The number of aliphatic hydroxyl groups is 1. The van der Waals surface area contributed by atoms with Crippen LogP contribution < -0.4 is 5.01 Å². The van der Waals surface area contributed by atoms with Gasteiger partial charge in [-0.25, -0.2) is 5.01 Å². The monoisotopic (exact) mass is 391 g/mol. The van der Waals surface area contributed by atoms with Gasteiger partial charge in [0.25, 0.3) is 0 Å². The molecule has 0 fully saturated rings. The molecule has 0 saturated carbocycles. The number of benzene rings is 1. The van der Waals surface area contributed by atoms with E-state index in [2.05, 4.69) is 4.98 Å².